The first kappa shape index (κ1) is 18.5. The Balaban J connectivity index is 1.90. The topological polar surface area (TPSA) is 92.7 Å². The third-order valence-corrected chi connectivity index (χ3v) is 4.47. The van der Waals surface area contributed by atoms with Gasteiger partial charge in [-0.2, -0.15) is 5.26 Å². The van der Waals surface area contributed by atoms with Crippen molar-refractivity contribution in [1.82, 2.24) is 9.80 Å². The first-order chi connectivity index (χ1) is 11.3. The minimum Gasteiger partial charge on any atom is -0.444 e. The number of nitrogens with zero attached hydrogens (tertiary/aromatic N) is 3. The van der Waals surface area contributed by atoms with Crippen molar-refractivity contribution in [2.75, 3.05) is 38.0 Å². The number of anilines is 1. The third kappa shape index (κ3) is 4.35. The molecule has 2 heterocycles. The van der Waals surface area contributed by atoms with Crippen LogP contribution in [0.2, 0.25) is 0 Å². The van der Waals surface area contributed by atoms with Crippen molar-refractivity contribution in [3.8, 4) is 6.07 Å². The SMILES string of the molecule is Cc1oc(NC(=O)CN2CCN(C[C@@H](C)O)[C@H](C)C2)c(C#N)c1C. The number of piperazine rings is 1. The summed E-state index contributed by atoms with van der Waals surface area (Å²) in [5.41, 5.74) is 1.14. The molecule has 0 aliphatic carbocycles. The van der Waals surface area contributed by atoms with Gasteiger partial charge in [-0.3, -0.25) is 19.9 Å². The first-order valence-electron chi connectivity index (χ1n) is 8.26. The molecule has 1 aromatic rings. The van der Waals surface area contributed by atoms with E-state index in [-0.39, 0.29) is 30.5 Å². The van der Waals surface area contributed by atoms with Crippen LogP contribution in [-0.4, -0.2) is 65.7 Å². The summed E-state index contributed by atoms with van der Waals surface area (Å²) in [6.07, 6.45) is -0.350. The second-order valence-corrected chi connectivity index (χ2v) is 6.58. The number of nitriles is 1. The lowest BCUT2D eigenvalue weighted by atomic mass is 10.1. The fourth-order valence-electron chi connectivity index (χ4n) is 3.04. The zero-order valence-corrected chi connectivity index (χ0v) is 14.8. The number of aryl methyl sites for hydroxylation is 1. The maximum Gasteiger partial charge on any atom is 0.240 e. The number of carbonyl (C=O) groups excluding carboxylic acids is 1. The summed E-state index contributed by atoms with van der Waals surface area (Å²) in [5, 5.41) is 21.4. The van der Waals surface area contributed by atoms with Crippen molar-refractivity contribution in [3.63, 3.8) is 0 Å². The Morgan fingerprint density at radius 1 is 1.50 bits per heavy atom. The van der Waals surface area contributed by atoms with Gasteiger partial charge in [-0.25, -0.2) is 0 Å². The molecule has 2 atom stereocenters. The van der Waals surface area contributed by atoms with Gasteiger partial charge in [0.2, 0.25) is 11.8 Å². The molecule has 0 saturated carbocycles. The van der Waals surface area contributed by atoms with E-state index >= 15 is 0 Å². The monoisotopic (exact) mass is 334 g/mol. The predicted octanol–water partition coefficient (Wildman–Crippen LogP) is 1.09. The average molecular weight is 334 g/mol. The van der Waals surface area contributed by atoms with Crippen LogP contribution in [0.15, 0.2) is 4.42 Å². The summed E-state index contributed by atoms with van der Waals surface area (Å²) in [6, 6.07) is 2.35. The Kier molecular flexibility index (Phi) is 5.99. The lowest BCUT2D eigenvalue weighted by Crippen LogP contribution is -2.54. The lowest BCUT2D eigenvalue weighted by Gasteiger charge is -2.40. The molecule has 0 radical (unpaired) electrons. The quantitative estimate of drug-likeness (QED) is 0.837. The summed E-state index contributed by atoms with van der Waals surface area (Å²) in [4.78, 5) is 16.6. The Bertz CT molecular complexity index is 633. The molecule has 2 rings (SSSR count). The van der Waals surface area contributed by atoms with E-state index in [1.165, 1.54) is 0 Å². The normalized spacial score (nSPS) is 20.6. The number of rotatable bonds is 5. The van der Waals surface area contributed by atoms with Gasteiger partial charge in [0.1, 0.15) is 17.4 Å². The molecule has 1 aliphatic rings. The molecular formula is C17H26N4O3. The maximum atomic E-state index is 12.3. The van der Waals surface area contributed by atoms with Gasteiger partial charge >= 0.3 is 0 Å². The zero-order chi connectivity index (χ0) is 17.9. The summed E-state index contributed by atoms with van der Waals surface area (Å²) >= 11 is 0. The van der Waals surface area contributed by atoms with E-state index in [0.29, 0.717) is 17.9 Å². The van der Waals surface area contributed by atoms with Crippen LogP contribution in [0.25, 0.3) is 0 Å². The Hall–Kier alpha value is -1.88. The van der Waals surface area contributed by atoms with E-state index in [0.717, 1.165) is 25.2 Å². The molecule has 7 heteroatoms. The van der Waals surface area contributed by atoms with Crippen LogP contribution >= 0.6 is 0 Å². The third-order valence-electron chi connectivity index (χ3n) is 4.47. The number of furan rings is 1. The highest BCUT2D eigenvalue weighted by Crippen LogP contribution is 2.25. The van der Waals surface area contributed by atoms with Gasteiger partial charge in [0.25, 0.3) is 0 Å². The highest BCUT2D eigenvalue weighted by molar-refractivity contribution is 5.92. The van der Waals surface area contributed by atoms with E-state index in [1.54, 1.807) is 20.8 Å². The van der Waals surface area contributed by atoms with E-state index in [9.17, 15) is 15.2 Å². The van der Waals surface area contributed by atoms with Crippen LogP contribution < -0.4 is 5.32 Å². The van der Waals surface area contributed by atoms with Gasteiger partial charge < -0.3 is 9.52 Å². The molecule has 0 unspecified atom stereocenters. The second-order valence-electron chi connectivity index (χ2n) is 6.58. The molecule has 1 aromatic heterocycles. The summed E-state index contributed by atoms with van der Waals surface area (Å²) in [5.74, 6) is 0.692. The van der Waals surface area contributed by atoms with E-state index < -0.39 is 0 Å². The smallest absolute Gasteiger partial charge is 0.240 e. The number of amides is 1. The van der Waals surface area contributed by atoms with Gasteiger partial charge in [0, 0.05) is 37.8 Å². The number of aliphatic hydroxyl groups excluding tert-OH is 1. The van der Waals surface area contributed by atoms with Crippen molar-refractivity contribution in [1.29, 1.82) is 5.26 Å². The summed E-state index contributed by atoms with van der Waals surface area (Å²) < 4.78 is 5.47. The summed E-state index contributed by atoms with van der Waals surface area (Å²) in [6.45, 7) is 10.7. The van der Waals surface area contributed by atoms with Gasteiger partial charge in [-0.05, 0) is 27.7 Å². The molecule has 2 N–H and O–H groups in total. The highest BCUT2D eigenvalue weighted by Gasteiger charge is 2.26. The van der Waals surface area contributed by atoms with Crippen LogP contribution in [0.4, 0.5) is 5.88 Å². The van der Waals surface area contributed by atoms with Crippen LogP contribution in [0.3, 0.4) is 0 Å². The fourth-order valence-corrected chi connectivity index (χ4v) is 3.04. The molecule has 24 heavy (non-hydrogen) atoms. The molecule has 0 aromatic carbocycles. The minimum atomic E-state index is -0.350. The van der Waals surface area contributed by atoms with Crippen molar-refractivity contribution >= 4 is 11.8 Å². The molecule has 132 valence electrons. The molecule has 0 bridgehead atoms. The van der Waals surface area contributed by atoms with Crippen molar-refractivity contribution in [2.24, 2.45) is 0 Å². The number of nitrogens with one attached hydrogen (secondary N) is 1. The molecule has 0 spiro atoms. The van der Waals surface area contributed by atoms with Gasteiger partial charge in [-0.15, -0.1) is 0 Å². The Labute approximate surface area is 142 Å². The van der Waals surface area contributed by atoms with E-state index in [4.69, 9.17) is 4.42 Å². The molecule has 7 nitrogen and oxygen atoms in total. The highest BCUT2D eigenvalue weighted by atomic mass is 16.4. The zero-order valence-electron chi connectivity index (χ0n) is 14.8. The average Bonchev–Trinajstić information content (AvgIpc) is 2.75. The Morgan fingerprint density at radius 2 is 2.21 bits per heavy atom. The number of β-amino-alcohol motifs (C(OH)–C–C–N with tert-alkyl or cyclic N) is 1. The van der Waals surface area contributed by atoms with Crippen LogP contribution in [-0.2, 0) is 4.79 Å². The largest absolute Gasteiger partial charge is 0.444 e. The maximum absolute atomic E-state index is 12.3. The van der Waals surface area contributed by atoms with Gasteiger partial charge in [0.05, 0.1) is 12.6 Å². The fraction of sp³-hybridized carbons (Fsp3) is 0.647. The number of carbonyl (C=O) groups is 1. The van der Waals surface area contributed by atoms with Gasteiger partial charge in [0.15, 0.2) is 0 Å². The first-order valence-corrected chi connectivity index (χ1v) is 8.26. The van der Waals surface area contributed by atoms with E-state index in [1.807, 2.05) is 0 Å². The van der Waals surface area contributed by atoms with Crippen molar-refractivity contribution in [3.05, 3.63) is 16.9 Å². The van der Waals surface area contributed by atoms with Gasteiger partial charge in [-0.1, -0.05) is 0 Å². The van der Waals surface area contributed by atoms with Crippen LogP contribution in [0.1, 0.15) is 30.7 Å². The number of hydrogen-bond acceptors (Lipinski definition) is 6. The molecule has 1 aliphatic heterocycles. The molecule has 1 saturated heterocycles. The van der Waals surface area contributed by atoms with Crippen LogP contribution in [0, 0.1) is 25.2 Å². The molecule has 1 amide bonds. The second kappa shape index (κ2) is 7.79. The number of aliphatic hydroxyl groups is 1. The van der Waals surface area contributed by atoms with E-state index in [2.05, 4.69) is 28.1 Å². The summed E-state index contributed by atoms with van der Waals surface area (Å²) in [7, 11) is 0. The Morgan fingerprint density at radius 3 is 2.79 bits per heavy atom. The van der Waals surface area contributed by atoms with Crippen molar-refractivity contribution < 1.29 is 14.3 Å². The molecular weight excluding hydrogens is 308 g/mol. The molecule has 1 fully saturated rings. The van der Waals surface area contributed by atoms with Crippen LogP contribution in [0.5, 0.6) is 0 Å². The lowest BCUT2D eigenvalue weighted by molar-refractivity contribution is -0.118. The minimum absolute atomic E-state index is 0.184. The number of hydrogen-bond donors (Lipinski definition) is 2. The van der Waals surface area contributed by atoms with Crippen molar-refractivity contribution in [2.45, 2.75) is 39.8 Å². The standard InChI is InChI=1S/C17H26N4O3/c1-11-8-20(5-6-21(11)9-12(2)22)10-16(23)19-17-15(7-18)13(3)14(4)24-17/h11-12,22H,5-6,8-10H2,1-4H3,(H,19,23)/t11-,12-/m1/s1. The predicted molar refractivity (Wildman–Crippen MR) is 90.7 cm³/mol.